The Balaban J connectivity index is 2.13. The summed E-state index contributed by atoms with van der Waals surface area (Å²) in [7, 11) is 0. The quantitative estimate of drug-likeness (QED) is 0.757. The number of nitrogen functional groups attached to an aromatic ring is 1. The smallest absolute Gasteiger partial charge is 0.197 e. The molecule has 0 amide bonds. The van der Waals surface area contributed by atoms with Crippen LogP contribution in [0.15, 0.2) is 24.4 Å². The van der Waals surface area contributed by atoms with Crippen LogP contribution in [-0.4, -0.2) is 23.2 Å². The Kier molecular flexibility index (Phi) is 1.96. The number of nitrogens with two attached hydrogens (primary N) is 1. The molecule has 1 aromatic heterocycles. The molecular weight excluding hydrogens is 206 g/mol. The zero-order chi connectivity index (χ0) is 11.0. The summed E-state index contributed by atoms with van der Waals surface area (Å²) in [6.45, 7) is 1.15. The first-order valence-electron chi connectivity index (χ1n) is 5.04. The minimum atomic E-state index is 0.393. The van der Waals surface area contributed by atoms with Crippen LogP contribution in [0.4, 0.5) is 5.95 Å². The lowest BCUT2D eigenvalue weighted by Gasteiger charge is -2.20. The van der Waals surface area contributed by atoms with Gasteiger partial charge in [-0.2, -0.15) is 0 Å². The Bertz CT molecular complexity index is 522. The maximum atomic E-state index is 5.60. The molecule has 3 rings (SSSR count). The highest BCUT2D eigenvalue weighted by atomic mass is 16.6. The highest BCUT2D eigenvalue weighted by Gasteiger charge is 2.17. The van der Waals surface area contributed by atoms with E-state index in [1.807, 2.05) is 18.2 Å². The van der Waals surface area contributed by atoms with Gasteiger partial charge in [-0.25, -0.2) is 4.98 Å². The topological polar surface area (TPSA) is 73.2 Å². The molecule has 5 heteroatoms. The van der Waals surface area contributed by atoms with Crippen LogP contribution < -0.4 is 15.2 Å². The van der Waals surface area contributed by atoms with Gasteiger partial charge in [-0.15, -0.1) is 0 Å². The number of nitrogens with one attached hydrogen (secondary N) is 1. The van der Waals surface area contributed by atoms with Crippen molar-refractivity contribution in [3.05, 3.63) is 24.4 Å². The zero-order valence-corrected chi connectivity index (χ0v) is 8.56. The molecule has 0 bridgehead atoms. The summed E-state index contributed by atoms with van der Waals surface area (Å²) in [5, 5.41) is 0. The third-order valence-electron chi connectivity index (χ3n) is 2.45. The number of hydrogen-bond donors (Lipinski definition) is 2. The fraction of sp³-hybridized carbons (Fsp3) is 0.182. The number of rotatable bonds is 1. The van der Waals surface area contributed by atoms with Gasteiger partial charge in [0.2, 0.25) is 0 Å². The first kappa shape index (κ1) is 9.08. The van der Waals surface area contributed by atoms with E-state index in [2.05, 4.69) is 9.97 Å². The highest BCUT2D eigenvalue weighted by Crippen LogP contribution is 2.39. The molecule has 1 aromatic carbocycles. The summed E-state index contributed by atoms with van der Waals surface area (Å²) in [6.07, 6.45) is 1.68. The van der Waals surface area contributed by atoms with Crippen LogP contribution in [-0.2, 0) is 0 Å². The normalized spacial score (nSPS) is 13.8. The Morgan fingerprint density at radius 3 is 2.94 bits per heavy atom. The van der Waals surface area contributed by atoms with Crippen LogP contribution in [0.3, 0.4) is 0 Å². The molecule has 1 aliphatic heterocycles. The van der Waals surface area contributed by atoms with Crippen LogP contribution in [0, 0.1) is 0 Å². The lowest BCUT2D eigenvalue weighted by molar-refractivity contribution is 0.172. The van der Waals surface area contributed by atoms with Crippen molar-refractivity contribution in [1.82, 2.24) is 9.97 Å². The monoisotopic (exact) mass is 217 g/mol. The molecule has 0 aliphatic carbocycles. The number of aromatic amines is 1. The van der Waals surface area contributed by atoms with Gasteiger partial charge >= 0.3 is 0 Å². The Labute approximate surface area is 92.2 Å². The van der Waals surface area contributed by atoms with E-state index < -0.39 is 0 Å². The van der Waals surface area contributed by atoms with Crippen molar-refractivity contribution in [1.29, 1.82) is 0 Å². The fourth-order valence-electron chi connectivity index (χ4n) is 1.76. The number of H-pyrrole nitrogens is 1. The van der Waals surface area contributed by atoms with E-state index in [4.69, 9.17) is 15.2 Å². The van der Waals surface area contributed by atoms with Crippen molar-refractivity contribution in [2.75, 3.05) is 18.9 Å². The van der Waals surface area contributed by atoms with E-state index in [0.29, 0.717) is 19.2 Å². The molecule has 82 valence electrons. The predicted molar refractivity (Wildman–Crippen MR) is 59.4 cm³/mol. The number of aromatic nitrogens is 2. The number of imidazole rings is 1. The minimum absolute atomic E-state index is 0.393. The van der Waals surface area contributed by atoms with Gasteiger partial charge in [0, 0.05) is 5.56 Å². The van der Waals surface area contributed by atoms with Crippen LogP contribution in [0.25, 0.3) is 11.3 Å². The molecule has 16 heavy (non-hydrogen) atoms. The number of anilines is 1. The number of fused-ring (bicyclic) bond motifs is 1. The summed E-state index contributed by atoms with van der Waals surface area (Å²) in [5.74, 6) is 1.90. The average Bonchev–Trinajstić information content (AvgIpc) is 2.75. The molecule has 0 spiro atoms. The van der Waals surface area contributed by atoms with E-state index in [9.17, 15) is 0 Å². The molecule has 0 fully saturated rings. The largest absolute Gasteiger partial charge is 0.486 e. The standard InChI is InChI=1S/C11H11N3O2/c12-11-13-6-8(14-11)7-2-1-3-9-10(7)16-5-4-15-9/h1-3,6H,4-5H2,(H3,12,13,14). The molecule has 0 saturated heterocycles. The van der Waals surface area contributed by atoms with E-state index in [-0.39, 0.29) is 0 Å². The fourth-order valence-corrected chi connectivity index (χ4v) is 1.76. The third kappa shape index (κ3) is 1.37. The Hall–Kier alpha value is -2.17. The molecule has 0 saturated carbocycles. The second-order valence-electron chi connectivity index (χ2n) is 3.51. The summed E-state index contributed by atoms with van der Waals surface area (Å²) in [6, 6.07) is 5.75. The highest BCUT2D eigenvalue weighted by molar-refractivity contribution is 5.71. The number of nitrogens with zero attached hydrogens (tertiary/aromatic N) is 1. The Morgan fingerprint density at radius 1 is 1.25 bits per heavy atom. The van der Waals surface area contributed by atoms with Crippen molar-refractivity contribution in [3.8, 4) is 22.8 Å². The second kappa shape index (κ2) is 3.44. The van der Waals surface area contributed by atoms with Crippen molar-refractivity contribution in [2.45, 2.75) is 0 Å². The minimum Gasteiger partial charge on any atom is -0.486 e. The third-order valence-corrected chi connectivity index (χ3v) is 2.45. The summed E-state index contributed by atoms with van der Waals surface area (Å²) in [5.41, 5.74) is 7.30. The van der Waals surface area contributed by atoms with Gasteiger partial charge in [0.15, 0.2) is 17.4 Å². The van der Waals surface area contributed by atoms with E-state index >= 15 is 0 Å². The number of ether oxygens (including phenoxy) is 2. The number of benzene rings is 1. The Morgan fingerprint density at radius 2 is 2.12 bits per heavy atom. The van der Waals surface area contributed by atoms with Crippen molar-refractivity contribution < 1.29 is 9.47 Å². The van der Waals surface area contributed by atoms with E-state index in [0.717, 1.165) is 22.8 Å². The number of para-hydroxylation sites is 1. The summed E-state index contributed by atoms with van der Waals surface area (Å²) < 4.78 is 11.1. The molecular formula is C11H11N3O2. The van der Waals surface area contributed by atoms with Gasteiger partial charge in [0.05, 0.1) is 11.9 Å². The molecule has 0 atom stereocenters. The van der Waals surface area contributed by atoms with E-state index in [1.54, 1.807) is 6.20 Å². The second-order valence-corrected chi connectivity index (χ2v) is 3.51. The van der Waals surface area contributed by atoms with Crippen molar-refractivity contribution in [3.63, 3.8) is 0 Å². The molecule has 0 radical (unpaired) electrons. The molecule has 2 aromatic rings. The lowest BCUT2D eigenvalue weighted by Crippen LogP contribution is -2.15. The average molecular weight is 217 g/mol. The van der Waals surface area contributed by atoms with E-state index in [1.165, 1.54) is 0 Å². The maximum Gasteiger partial charge on any atom is 0.197 e. The number of hydrogen-bond acceptors (Lipinski definition) is 4. The van der Waals surface area contributed by atoms with Crippen molar-refractivity contribution in [2.24, 2.45) is 0 Å². The van der Waals surface area contributed by atoms with Crippen LogP contribution >= 0.6 is 0 Å². The van der Waals surface area contributed by atoms with Crippen LogP contribution in [0.2, 0.25) is 0 Å². The van der Waals surface area contributed by atoms with Gasteiger partial charge in [-0.3, -0.25) is 0 Å². The predicted octanol–water partition coefficient (Wildman–Crippen LogP) is 1.43. The lowest BCUT2D eigenvalue weighted by atomic mass is 10.1. The summed E-state index contributed by atoms with van der Waals surface area (Å²) >= 11 is 0. The van der Waals surface area contributed by atoms with Gasteiger partial charge in [-0.1, -0.05) is 6.07 Å². The summed E-state index contributed by atoms with van der Waals surface area (Å²) in [4.78, 5) is 6.94. The molecule has 3 N–H and O–H groups in total. The van der Waals surface area contributed by atoms with Crippen LogP contribution in [0.5, 0.6) is 11.5 Å². The molecule has 5 nitrogen and oxygen atoms in total. The molecule has 1 aliphatic rings. The molecule has 0 unspecified atom stereocenters. The first-order valence-corrected chi connectivity index (χ1v) is 5.04. The first-order chi connectivity index (χ1) is 7.84. The van der Waals surface area contributed by atoms with Gasteiger partial charge < -0.3 is 20.2 Å². The van der Waals surface area contributed by atoms with Crippen LogP contribution in [0.1, 0.15) is 0 Å². The zero-order valence-electron chi connectivity index (χ0n) is 8.56. The van der Waals surface area contributed by atoms with Crippen molar-refractivity contribution >= 4 is 5.95 Å². The maximum absolute atomic E-state index is 5.60. The van der Waals surface area contributed by atoms with Gasteiger partial charge in [0.25, 0.3) is 0 Å². The van der Waals surface area contributed by atoms with Gasteiger partial charge in [0.1, 0.15) is 13.2 Å². The molecule has 2 heterocycles. The SMILES string of the molecule is Nc1ncc(-c2cccc3c2OCCO3)[nH]1. The van der Waals surface area contributed by atoms with Gasteiger partial charge in [-0.05, 0) is 12.1 Å².